The van der Waals surface area contributed by atoms with E-state index in [0.29, 0.717) is 19.5 Å². The number of anilines is 1. The van der Waals surface area contributed by atoms with E-state index in [1.165, 1.54) is 0 Å². The number of hydrogen-bond donors (Lipinski definition) is 0. The van der Waals surface area contributed by atoms with Crippen molar-refractivity contribution in [1.82, 2.24) is 9.88 Å². The van der Waals surface area contributed by atoms with Crippen LogP contribution in [0.25, 0.3) is 0 Å². The van der Waals surface area contributed by atoms with E-state index in [1.54, 1.807) is 4.90 Å². The second-order valence-electron chi connectivity index (χ2n) is 3.54. The lowest BCUT2D eigenvalue weighted by Crippen LogP contribution is -2.39. The van der Waals surface area contributed by atoms with Gasteiger partial charge in [0, 0.05) is 13.1 Å². The Morgan fingerprint density at radius 3 is 2.58 bits per heavy atom. The largest absolute Gasteiger partial charge is 0.345 e. The van der Waals surface area contributed by atoms with Crippen LogP contribution in [0.2, 0.25) is 0 Å². The fourth-order valence-corrected chi connectivity index (χ4v) is 2.14. The third-order valence-corrected chi connectivity index (χ3v) is 3.44. The van der Waals surface area contributed by atoms with Gasteiger partial charge in [-0.1, -0.05) is 0 Å². The Kier molecular flexibility index (Phi) is 5.37. The van der Waals surface area contributed by atoms with E-state index in [2.05, 4.69) is 4.98 Å². The normalized spacial score (nSPS) is 10.0. The van der Waals surface area contributed by atoms with Gasteiger partial charge < -0.3 is 4.90 Å². The number of likely N-dealkylation sites (N-methyl/N-ethyl adjacent to an activating group) is 1. The number of thiazole rings is 1. The molecule has 104 valence electrons. The Labute approximate surface area is 113 Å². The molecule has 0 saturated carbocycles. The van der Waals surface area contributed by atoms with Crippen molar-refractivity contribution in [3.05, 3.63) is 16.3 Å². The molecule has 0 radical (unpaired) electrons. The predicted octanol–water partition coefficient (Wildman–Crippen LogP) is 0.882. The predicted molar refractivity (Wildman–Crippen MR) is 70.1 cm³/mol. The first kappa shape index (κ1) is 15.0. The van der Waals surface area contributed by atoms with E-state index >= 15 is 0 Å². The molecule has 0 aromatic carbocycles. The van der Waals surface area contributed by atoms with Crippen LogP contribution in [0.3, 0.4) is 0 Å². The van der Waals surface area contributed by atoms with Gasteiger partial charge in [-0.2, -0.15) is 0 Å². The maximum absolute atomic E-state index is 11.9. The monoisotopic (exact) mass is 286 g/mol. The van der Waals surface area contributed by atoms with Crippen LogP contribution in [0.5, 0.6) is 0 Å². The first-order valence-electron chi connectivity index (χ1n) is 5.63. The van der Waals surface area contributed by atoms with Gasteiger partial charge in [0.1, 0.15) is 12.7 Å². The zero-order valence-electron chi connectivity index (χ0n) is 10.6. The van der Waals surface area contributed by atoms with Gasteiger partial charge >= 0.3 is 5.00 Å². The summed E-state index contributed by atoms with van der Waals surface area (Å²) in [5.41, 5.74) is 0. The molecule has 1 rings (SSSR count). The van der Waals surface area contributed by atoms with Crippen LogP contribution in [-0.4, -0.2) is 46.8 Å². The molecule has 0 saturated heterocycles. The average Bonchev–Trinajstić information content (AvgIpc) is 2.87. The topological polar surface area (TPSA) is 96.7 Å². The zero-order chi connectivity index (χ0) is 14.4. The Morgan fingerprint density at radius 2 is 2.16 bits per heavy atom. The smallest absolute Gasteiger partial charge is 0.342 e. The molecule has 2 amide bonds. The molecule has 0 spiro atoms. The lowest BCUT2D eigenvalue weighted by Gasteiger charge is -2.21. The molecule has 1 aromatic heterocycles. The number of hydrogen-bond acceptors (Lipinski definition) is 6. The number of rotatable bonds is 7. The van der Waals surface area contributed by atoms with Crippen molar-refractivity contribution in [3.8, 4) is 0 Å². The Hall–Kier alpha value is -2.03. The molecule has 0 atom stereocenters. The third kappa shape index (κ3) is 3.71. The van der Waals surface area contributed by atoms with Gasteiger partial charge in [-0.25, -0.2) is 4.98 Å². The molecular weight excluding hydrogens is 272 g/mol. The molecule has 8 nitrogen and oxygen atoms in total. The van der Waals surface area contributed by atoms with Crippen LogP contribution in [0.15, 0.2) is 6.20 Å². The standard InChI is InChI=1S/C10H14N4O4S/c1-3-12(4-2)8(16)6-13(7-15)10-11-5-9(19-10)14(17)18/h5,7H,3-4,6H2,1-2H3. The van der Waals surface area contributed by atoms with Crippen molar-refractivity contribution in [2.75, 3.05) is 24.5 Å². The minimum atomic E-state index is -0.587. The van der Waals surface area contributed by atoms with Crippen LogP contribution in [0.4, 0.5) is 10.1 Å². The van der Waals surface area contributed by atoms with E-state index in [-0.39, 0.29) is 22.6 Å². The lowest BCUT2D eigenvalue weighted by atomic mass is 10.4. The summed E-state index contributed by atoms with van der Waals surface area (Å²) in [5.74, 6) is -0.227. The van der Waals surface area contributed by atoms with Gasteiger partial charge in [-0.3, -0.25) is 24.6 Å². The van der Waals surface area contributed by atoms with E-state index in [4.69, 9.17) is 0 Å². The lowest BCUT2D eigenvalue weighted by molar-refractivity contribution is -0.380. The minimum absolute atomic E-state index is 0.141. The summed E-state index contributed by atoms with van der Waals surface area (Å²) in [7, 11) is 0. The van der Waals surface area contributed by atoms with E-state index in [9.17, 15) is 19.7 Å². The second-order valence-corrected chi connectivity index (χ2v) is 4.53. The molecular formula is C10H14N4O4S. The van der Waals surface area contributed by atoms with Crippen LogP contribution in [0.1, 0.15) is 13.8 Å². The average molecular weight is 286 g/mol. The zero-order valence-corrected chi connectivity index (χ0v) is 11.4. The maximum Gasteiger partial charge on any atom is 0.345 e. The maximum atomic E-state index is 11.9. The van der Waals surface area contributed by atoms with Crippen molar-refractivity contribution < 1.29 is 14.5 Å². The molecule has 1 aromatic rings. The van der Waals surface area contributed by atoms with E-state index in [1.807, 2.05) is 13.8 Å². The quantitative estimate of drug-likeness (QED) is 0.421. The first-order valence-corrected chi connectivity index (χ1v) is 6.45. The van der Waals surface area contributed by atoms with Crippen LogP contribution in [0, 0.1) is 10.1 Å². The second kappa shape index (κ2) is 6.78. The van der Waals surface area contributed by atoms with E-state index < -0.39 is 4.92 Å². The summed E-state index contributed by atoms with van der Waals surface area (Å²) in [6, 6.07) is 0. The highest BCUT2D eigenvalue weighted by atomic mass is 32.1. The van der Waals surface area contributed by atoms with Crippen LogP contribution in [-0.2, 0) is 9.59 Å². The van der Waals surface area contributed by atoms with Crippen molar-refractivity contribution in [2.45, 2.75) is 13.8 Å². The van der Waals surface area contributed by atoms with Gasteiger partial charge in [-0.05, 0) is 25.2 Å². The molecule has 0 unspecified atom stereocenters. The van der Waals surface area contributed by atoms with Crippen LogP contribution >= 0.6 is 11.3 Å². The SMILES string of the molecule is CCN(CC)C(=O)CN(C=O)c1ncc([N+](=O)[O-])s1. The number of nitro groups is 1. The third-order valence-electron chi connectivity index (χ3n) is 2.46. The number of nitrogens with zero attached hydrogens (tertiary/aromatic N) is 4. The van der Waals surface area contributed by atoms with Gasteiger partial charge in [-0.15, -0.1) is 0 Å². The fourth-order valence-electron chi connectivity index (χ4n) is 1.45. The van der Waals surface area contributed by atoms with E-state index in [0.717, 1.165) is 22.4 Å². The molecule has 9 heteroatoms. The first-order chi connectivity index (χ1) is 9.03. The number of aromatic nitrogens is 1. The minimum Gasteiger partial charge on any atom is -0.342 e. The summed E-state index contributed by atoms with van der Waals surface area (Å²) < 4.78 is 0. The molecule has 19 heavy (non-hydrogen) atoms. The molecule has 0 aliphatic rings. The highest BCUT2D eigenvalue weighted by Gasteiger charge is 2.20. The summed E-state index contributed by atoms with van der Waals surface area (Å²) in [5, 5.41) is 10.5. The summed E-state index contributed by atoms with van der Waals surface area (Å²) in [6.07, 6.45) is 1.52. The van der Waals surface area contributed by atoms with Gasteiger partial charge in [0.15, 0.2) is 5.13 Å². The van der Waals surface area contributed by atoms with Gasteiger partial charge in [0.05, 0.1) is 4.92 Å². The molecule has 0 aliphatic heterocycles. The van der Waals surface area contributed by atoms with Gasteiger partial charge in [0.25, 0.3) is 0 Å². The summed E-state index contributed by atoms with van der Waals surface area (Å²) in [6.45, 7) is 4.58. The number of carbonyl (C=O) groups is 2. The van der Waals surface area contributed by atoms with Crippen molar-refractivity contribution in [1.29, 1.82) is 0 Å². The Bertz CT molecular complexity index is 472. The van der Waals surface area contributed by atoms with Crippen molar-refractivity contribution in [3.63, 3.8) is 0 Å². The Balaban J connectivity index is 2.80. The van der Waals surface area contributed by atoms with Crippen molar-refractivity contribution >= 4 is 33.8 Å². The van der Waals surface area contributed by atoms with Gasteiger partial charge in [0.2, 0.25) is 12.3 Å². The highest BCUT2D eigenvalue weighted by Crippen LogP contribution is 2.27. The molecule has 1 heterocycles. The number of carbonyl (C=O) groups excluding carboxylic acids is 2. The summed E-state index contributed by atoms with van der Waals surface area (Å²) >= 11 is 0.756. The molecule has 0 bridgehead atoms. The highest BCUT2D eigenvalue weighted by molar-refractivity contribution is 7.18. The van der Waals surface area contributed by atoms with Crippen molar-refractivity contribution in [2.24, 2.45) is 0 Å². The van der Waals surface area contributed by atoms with Crippen LogP contribution < -0.4 is 4.90 Å². The Morgan fingerprint density at radius 1 is 1.53 bits per heavy atom. The molecule has 0 N–H and O–H groups in total. The number of amides is 2. The molecule has 0 aliphatic carbocycles. The fraction of sp³-hybridized carbons (Fsp3) is 0.500. The molecule has 0 fully saturated rings. The summed E-state index contributed by atoms with van der Waals surface area (Å²) in [4.78, 5) is 39.2.